The van der Waals surface area contributed by atoms with E-state index in [2.05, 4.69) is 72.6 Å². The van der Waals surface area contributed by atoms with Crippen molar-refractivity contribution in [3.63, 3.8) is 0 Å². The number of nitrogens with zero attached hydrogens (tertiary/aromatic N) is 2. The summed E-state index contributed by atoms with van der Waals surface area (Å²) < 4.78 is 0. The molecule has 49 heavy (non-hydrogen) atoms. The van der Waals surface area contributed by atoms with Crippen molar-refractivity contribution in [3.8, 4) is 22.5 Å². The number of carboxylic acid groups (broad SMARTS) is 1. The fourth-order valence-corrected chi connectivity index (χ4v) is 7.44. The standard InChI is InChI=1S/C40H48N4O4S/c1-6-7-26-8-12-28(13-9-26)29-16-18-30(19-17-29)32-23-41-36(42-24-32)31-14-10-27(11-15-31)22-33(37(45)43-25(2)39(47)48)44-38(46)34-20-21-35(49-34)40(3,4)5/h10-11,14-21,23-26,28,33H,6-9,12-13,22H2,1-5H3,(H,43,45)(H,44,46)(H,47,48)/t25-,26?,28?,33+/m1/s1. The summed E-state index contributed by atoms with van der Waals surface area (Å²) in [6, 6.07) is 18.0. The lowest BCUT2D eigenvalue weighted by Crippen LogP contribution is -2.51. The Morgan fingerprint density at radius 1 is 0.857 bits per heavy atom. The van der Waals surface area contributed by atoms with Crippen LogP contribution in [0.1, 0.15) is 105 Å². The van der Waals surface area contributed by atoms with Gasteiger partial charge in [-0.1, -0.05) is 89.1 Å². The first-order chi connectivity index (χ1) is 23.4. The number of amides is 2. The van der Waals surface area contributed by atoms with E-state index >= 15 is 0 Å². The Labute approximate surface area is 293 Å². The van der Waals surface area contributed by atoms with E-state index in [0.29, 0.717) is 16.6 Å². The number of aliphatic carboxylic acids is 1. The molecule has 2 amide bonds. The van der Waals surface area contributed by atoms with Gasteiger partial charge in [-0.15, -0.1) is 11.3 Å². The lowest BCUT2D eigenvalue weighted by atomic mass is 9.77. The van der Waals surface area contributed by atoms with E-state index in [1.54, 1.807) is 6.07 Å². The van der Waals surface area contributed by atoms with Crippen LogP contribution in [0.3, 0.4) is 0 Å². The van der Waals surface area contributed by atoms with Crippen LogP contribution in [-0.2, 0) is 21.4 Å². The van der Waals surface area contributed by atoms with Gasteiger partial charge < -0.3 is 15.7 Å². The molecule has 2 atom stereocenters. The third-order valence-corrected chi connectivity index (χ3v) is 11.0. The normalized spacial score (nSPS) is 17.6. The largest absolute Gasteiger partial charge is 0.480 e. The van der Waals surface area contributed by atoms with E-state index in [-0.39, 0.29) is 17.7 Å². The van der Waals surface area contributed by atoms with Gasteiger partial charge in [-0.3, -0.25) is 14.4 Å². The summed E-state index contributed by atoms with van der Waals surface area (Å²) in [5, 5.41) is 14.7. The first-order valence-corrected chi connectivity index (χ1v) is 18.2. The maximum atomic E-state index is 13.2. The van der Waals surface area contributed by atoms with Gasteiger partial charge in [0.1, 0.15) is 12.1 Å². The van der Waals surface area contributed by atoms with E-state index in [1.165, 1.54) is 62.3 Å². The van der Waals surface area contributed by atoms with E-state index in [0.717, 1.165) is 33.0 Å². The number of nitrogens with one attached hydrogen (secondary N) is 2. The van der Waals surface area contributed by atoms with Crippen molar-refractivity contribution < 1.29 is 19.5 Å². The van der Waals surface area contributed by atoms with Crippen LogP contribution in [0.2, 0.25) is 0 Å². The summed E-state index contributed by atoms with van der Waals surface area (Å²) in [5.41, 5.74) is 4.98. The molecule has 1 aliphatic carbocycles. The van der Waals surface area contributed by atoms with Crippen LogP contribution in [0.15, 0.2) is 73.1 Å². The first-order valence-electron chi connectivity index (χ1n) is 17.4. The minimum atomic E-state index is -1.15. The van der Waals surface area contributed by atoms with Crippen molar-refractivity contribution in [1.82, 2.24) is 20.6 Å². The molecule has 0 bridgehead atoms. The number of carbonyl (C=O) groups is 3. The molecule has 0 spiro atoms. The number of carbonyl (C=O) groups excluding carboxylic acids is 2. The van der Waals surface area contributed by atoms with Crippen molar-refractivity contribution >= 4 is 29.1 Å². The van der Waals surface area contributed by atoms with E-state index in [9.17, 15) is 19.5 Å². The predicted octanol–water partition coefficient (Wildman–Crippen LogP) is 8.17. The van der Waals surface area contributed by atoms with Crippen LogP contribution in [0, 0.1) is 5.92 Å². The maximum absolute atomic E-state index is 13.2. The molecule has 4 aromatic rings. The Bertz CT molecular complexity index is 1720. The number of aromatic nitrogens is 2. The second kappa shape index (κ2) is 15.9. The fourth-order valence-electron chi connectivity index (χ4n) is 6.47. The highest BCUT2D eigenvalue weighted by molar-refractivity contribution is 7.14. The van der Waals surface area contributed by atoms with Gasteiger partial charge in [0.2, 0.25) is 5.91 Å². The van der Waals surface area contributed by atoms with Crippen LogP contribution in [0.25, 0.3) is 22.5 Å². The van der Waals surface area contributed by atoms with Crippen molar-refractivity contribution in [2.24, 2.45) is 5.92 Å². The monoisotopic (exact) mass is 680 g/mol. The van der Waals surface area contributed by atoms with Gasteiger partial charge in [0, 0.05) is 34.8 Å². The third-order valence-electron chi connectivity index (χ3n) is 9.48. The van der Waals surface area contributed by atoms with E-state index in [4.69, 9.17) is 0 Å². The molecule has 2 heterocycles. The number of thiophene rings is 1. The highest BCUT2D eigenvalue weighted by atomic mass is 32.1. The molecule has 258 valence electrons. The molecule has 9 heteroatoms. The molecule has 2 aromatic carbocycles. The lowest BCUT2D eigenvalue weighted by Gasteiger charge is -2.28. The summed E-state index contributed by atoms with van der Waals surface area (Å²) in [7, 11) is 0. The molecule has 1 aliphatic rings. The molecule has 1 fully saturated rings. The Morgan fingerprint density at radius 3 is 2.06 bits per heavy atom. The highest BCUT2D eigenvalue weighted by Crippen LogP contribution is 2.38. The summed E-state index contributed by atoms with van der Waals surface area (Å²) >= 11 is 1.38. The van der Waals surface area contributed by atoms with Crippen LogP contribution < -0.4 is 10.6 Å². The molecule has 0 unspecified atom stereocenters. The van der Waals surface area contributed by atoms with Gasteiger partial charge in [0.15, 0.2) is 5.82 Å². The minimum Gasteiger partial charge on any atom is -0.480 e. The molecule has 0 aliphatic heterocycles. The molecule has 1 saturated carbocycles. The smallest absolute Gasteiger partial charge is 0.325 e. The van der Waals surface area contributed by atoms with Crippen molar-refractivity contribution in [3.05, 3.63) is 93.9 Å². The fraction of sp³-hybridized carbons (Fsp3) is 0.425. The summed E-state index contributed by atoms with van der Waals surface area (Å²) in [5.74, 6) is 0.0429. The van der Waals surface area contributed by atoms with Crippen LogP contribution in [0.4, 0.5) is 0 Å². The Balaban J connectivity index is 1.24. The van der Waals surface area contributed by atoms with Gasteiger partial charge in [-0.25, -0.2) is 9.97 Å². The number of hydrogen-bond donors (Lipinski definition) is 3. The van der Waals surface area contributed by atoms with Gasteiger partial charge >= 0.3 is 5.97 Å². The summed E-state index contributed by atoms with van der Waals surface area (Å²) in [4.78, 5) is 48.6. The Kier molecular flexibility index (Phi) is 11.7. The average molecular weight is 681 g/mol. The average Bonchev–Trinajstić information content (AvgIpc) is 3.61. The van der Waals surface area contributed by atoms with Gasteiger partial charge in [0.05, 0.1) is 4.88 Å². The van der Waals surface area contributed by atoms with Crippen LogP contribution in [0.5, 0.6) is 0 Å². The lowest BCUT2D eigenvalue weighted by molar-refractivity contribution is -0.141. The zero-order chi connectivity index (χ0) is 35.1. The van der Waals surface area contributed by atoms with Gasteiger partial charge in [-0.05, 0) is 78.7 Å². The van der Waals surface area contributed by atoms with Crippen molar-refractivity contribution in [1.29, 1.82) is 0 Å². The minimum absolute atomic E-state index is 0.110. The number of rotatable bonds is 12. The second-order valence-electron chi connectivity index (χ2n) is 14.3. The molecular weight excluding hydrogens is 633 g/mol. The number of carboxylic acids is 1. The van der Waals surface area contributed by atoms with Gasteiger partial charge in [0.25, 0.3) is 5.91 Å². The zero-order valence-electron chi connectivity index (χ0n) is 29.2. The SMILES string of the molecule is CCCC1CCC(c2ccc(-c3cnc(-c4ccc(C[C@H](NC(=O)c5ccc(C(C)(C)C)s5)C(=O)N[C@H](C)C(=O)O)cc4)nc3)cc2)CC1. The maximum Gasteiger partial charge on any atom is 0.325 e. The van der Waals surface area contributed by atoms with Gasteiger partial charge in [-0.2, -0.15) is 0 Å². The first kappa shape index (κ1) is 35.9. The molecule has 3 N–H and O–H groups in total. The molecule has 8 nitrogen and oxygen atoms in total. The molecule has 0 radical (unpaired) electrons. The topological polar surface area (TPSA) is 121 Å². The molecule has 2 aromatic heterocycles. The molecule has 0 saturated heterocycles. The quantitative estimate of drug-likeness (QED) is 0.139. The summed E-state index contributed by atoms with van der Waals surface area (Å²) in [6.45, 7) is 9.90. The Morgan fingerprint density at radius 2 is 1.49 bits per heavy atom. The van der Waals surface area contributed by atoms with Crippen molar-refractivity contribution in [2.75, 3.05) is 0 Å². The highest BCUT2D eigenvalue weighted by Gasteiger charge is 2.27. The van der Waals surface area contributed by atoms with Crippen molar-refractivity contribution in [2.45, 2.75) is 103 Å². The second-order valence-corrected chi connectivity index (χ2v) is 15.4. The third kappa shape index (κ3) is 9.41. The van der Waals surface area contributed by atoms with E-state index < -0.39 is 24.0 Å². The van der Waals surface area contributed by atoms with Crippen LogP contribution >= 0.6 is 11.3 Å². The zero-order valence-corrected chi connectivity index (χ0v) is 30.0. The summed E-state index contributed by atoms with van der Waals surface area (Å²) in [6.07, 6.45) is 11.7. The Hall–Kier alpha value is -4.37. The molecule has 5 rings (SSSR count). The molecular formula is C40H48N4O4S. The van der Waals surface area contributed by atoms with Crippen LogP contribution in [-0.4, -0.2) is 44.9 Å². The number of benzene rings is 2. The van der Waals surface area contributed by atoms with E-state index in [1.807, 2.05) is 42.7 Å². The number of hydrogen-bond acceptors (Lipinski definition) is 6. The predicted molar refractivity (Wildman–Crippen MR) is 196 cm³/mol.